The Labute approximate surface area is 188 Å². The van der Waals surface area contributed by atoms with E-state index in [0.717, 1.165) is 38.8 Å². The topological polar surface area (TPSA) is 32.3 Å². The van der Waals surface area contributed by atoms with Gasteiger partial charge in [-0.1, -0.05) is 60.1 Å². The van der Waals surface area contributed by atoms with E-state index in [2.05, 4.69) is 52.7 Å². The van der Waals surface area contributed by atoms with Gasteiger partial charge in [-0.15, -0.1) is 0 Å². The highest BCUT2D eigenvalue weighted by molar-refractivity contribution is 6.30. The number of carbonyl (C=O) groups is 1. The molecule has 0 bridgehead atoms. The molecule has 31 heavy (non-hydrogen) atoms. The Morgan fingerprint density at radius 1 is 1.03 bits per heavy atom. The van der Waals surface area contributed by atoms with Gasteiger partial charge in [-0.3, -0.25) is 9.69 Å². The Bertz CT molecular complexity index is 1040. The summed E-state index contributed by atoms with van der Waals surface area (Å²) in [6.45, 7) is 2.85. The Morgan fingerprint density at radius 3 is 2.61 bits per heavy atom. The molecule has 1 heterocycles. The second-order valence-corrected chi connectivity index (χ2v) is 8.76. The first-order valence-electron chi connectivity index (χ1n) is 11.0. The Morgan fingerprint density at radius 2 is 1.81 bits per heavy atom. The smallest absolute Gasteiger partial charge is 0.223 e. The summed E-state index contributed by atoms with van der Waals surface area (Å²) < 4.78 is 14.0. The summed E-state index contributed by atoms with van der Waals surface area (Å²) in [4.78, 5) is 14.8. The number of likely N-dealkylation sites (tertiary alicyclic amines) is 1. The van der Waals surface area contributed by atoms with Crippen LogP contribution in [0.25, 0.3) is 10.8 Å². The van der Waals surface area contributed by atoms with Crippen LogP contribution in [0.2, 0.25) is 5.02 Å². The third-order valence-corrected chi connectivity index (χ3v) is 6.40. The van der Waals surface area contributed by atoms with Crippen LogP contribution in [0, 0.1) is 11.7 Å². The van der Waals surface area contributed by atoms with Gasteiger partial charge >= 0.3 is 0 Å². The SMILES string of the molecule is O=C(NCCCc1cccc2ccccc12)C1CCN(Cc2ccc(Cl)cc2F)CC1. The van der Waals surface area contributed by atoms with Gasteiger partial charge in [0.05, 0.1) is 0 Å². The van der Waals surface area contributed by atoms with Crippen molar-refractivity contribution in [1.82, 2.24) is 10.2 Å². The number of halogens is 2. The minimum atomic E-state index is -0.265. The van der Waals surface area contributed by atoms with Crippen LogP contribution in [0.15, 0.2) is 60.7 Å². The van der Waals surface area contributed by atoms with E-state index in [1.165, 1.54) is 22.4 Å². The van der Waals surface area contributed by atoms with Gasteiger partial charge in [0.2, 0.25) is 5.91 Å². The zero-order valence-corrected chi connectivity index (χ0v) is 18.4. The molecule has 3 aromatic carbocycles. The molecule has 3 aromatic rings. The third-order valence-electron chi connectivity index (χ3n) is 6.17. The first-order chi connectivity index (χ1) is 15.1. The lowest BCUT2D eigenvalue weighted by atomic mass is 9.95. The fraction of sp³-hybridized carbons (Fsp3) is 0.346. The maximum Gasteiger partial charge on any atom is 0.223 e. The molecule has 0 unspecified atom stereocenters. The third kappa shape index (κ3) is 5.63. The van der Waals surface area contributed by atoms with Crippen LogP contribution in [0.4, 0.5) is 4.39 Å². The molecular formula is C26H28ClFN2O. The Hall–Kier alpha value is -2.43. The molecule has 0 radical (unpaired) electrons. The standard InChI is InChI=1S/C26H28ClFN2O/c27-23-11-10-22(25(28)17-23)18-30-15-12-21(13-16-30)26(31)29-14-4-8-20-7-3-6-19-5-1-2-9-24(19)20/h1-3,5-7,9-11,17,21H,4,8,12-16,18H2,(H,29,31). The lowest BCUT2D eigenvalue weighted by molar-refractivity contribution is -0.126. The molecule has 3 nitrogen and oxygen atoms in total. The molecule has 0 spiro atoms. The van der Waals surface area contributed by atoms with Crippen LogP contribution in [-0.2, 0) is 17.8 Å². The van der Waals surface area contributed by atoms with Crippen LogP contribution < -0.4 is 5.32 Å². The molecule has 5 heteroatoms. The molecule has 1 aliphatic heterocycles. The molecule has 162 valence electrons. The summed E-state index contributed by atoms with van der Waals surface area (Å²) >= 11 is 5.83. The predicted molar refractivity (Wildman–Crippen MR) is 125 cm³/mol. The number of aryl methyl sites for hydroxylation is 1. The number of piperidine rings is 1. The maximum atomic E-state index is 14.0. The van der Waals surface area contributed by atoms with Gasteiger partial charge in [0.1, 0.15) is 5.82 Å². The maximum absolute atomic E-state index is 14.0. The summed E-state index contributed by atoms with van der Waals surface area (Å²) in [6, 6.07) is 19.6. The van der Waals surface area contributed by atoms with E-state index in [1.54, 1.807) is 12.1 Å². The fourth-order valence-electron chi connectivity index (χ4n) is 4.39. The second-order valence-electron chi connectivity index (χ2n) is 8.32. The number of rotatable bonds is 7. The van der Waals surface area contributed by atoms with E-state index in [4.69, 9.17) is 11.6 Å². The average Bonchev–Trinajstić information content (AvgIpc) is 2.79. The molecule has 0 aromatic heterocycles. The van der Waals surface area contributed by atoms with Crippen molar-refractivity contribution >= 4 is 28.3 Å². The molecule has 1 aliphatic rings. The number of amides is 1. The monoisotopic (exact) mass is 438 g/mol. The van der Waals surface area contributed by atoms with Crippen molar-refractivity contribution in [3.8, 4) is 0 Å². The van der Waals surface area contributed by atoms with Crippen molar-refractivity contribution in [1.29, 1.82) is 0 Å². The highest BCUT2D eigenvalue weighted by Crippen LogP contribution is 2.22. The minimum Gasteiger partial charge on any atom is -0.356 e. The lowest BCUT2D eigenvalue weighted by Crippen LogP contribution is -2.40. The van der Waals surface area contributed by atoms with Gasteiger partial charge in [0.25, 0.3) is 0 Å². The summed E-state index contributed by atoms with van der Waals surface area (Å²) in [5.74, 6) is -0.0716. The van der Waals surface area contributed by atoms with Gasteiger partial charge in [-0.2, -0.15) is 0 Å². The molecule has 0 aliphatic carbocycles. The Balaban J connectivity index is 1.20. The first-order valence-corrected chi connectivity index (χ1v) is 11.4. The van der Waals surface area contributed by atoms with E-state index < -0.39 is 0 Å². The summed E-state index contributed by atoms with van der Waals surface area (Å²) in [5.41, 5.74) is 1.98. The average molecular weight is 439 g/mol. The number of fused-ring (bicyclic) bond motifs is 1. The number of hydrogen-bond acceptors (Lipinski definition) is 2. The van der Waals surface area contributed by atoms with E-state index in [9.17, 15) is 9.18 Å². The molecule has 0 saturated carbocycles. The molecule has 4 rings (SSSR count). The highest BCUT2D eigenvalue weighted by atomic mass is 35.5. The van der Waals surface area contributed by atoms with Crippen molar-refractivity contribution in [2.75, 3.05) is 19.6 Å². The fourth-order valence-corrected chi connectivity index (χ4v) is 4.55. The van der Waals surface area contributed by atoms with Gasteiger partial charge in [0.15, 0.2) is 0 Å². The number of hydrogen-bond donors (Lipinski definition) is 1. The second kappa shape index (κ2) is 10.3. The van der Waals surface area contributed by atoms with Crippen molar-refractivity contribution < 1.29 is 9.18 Å². The van der Waals surface area contributed by atoms with Crippen LogP contribution in [0.1, 0.15) is 30.4 Å². The zero-order valence-electron chi connectivity index (χ0n) is 17.6. The van der Waals surface area contributed by atoms with Crippen LogP contribution >= 0.6 is 11.6 Å². The van der Waals surface area contributed by atoms with Crippen LogP contribution in [0.3, 0.4) is 0 Å². The van der Waals surface area contributed by atoms with Crippen LogP contribution in [-0.4, -0.2) is 30.4 Å². The molecule has 1 saturated heterocycles. The van der Waals surface area contributed by atoms with Gasteiger partial charge < -0.3 is 5.32 Å². The lowest BCUT2D eigenvalue weighted by Gasteiger charge is -2.31. The largest absolute Gasteiger partial charge is 0.356 e. The van der Waals surface area contributed by atoms with Crippen LogP contribution in [0.5, 0.6) is 0 Å². The van der Waals surface area contributed by atoms with E-state index in [0.29, 0.717) is 23.7 Å². The summed E-state index contributed by atoms with van der Waals surface area (Å²) in [6.07, 6.45) is 3.50. The van der Waals surface area contributed by atoms with Crippen molar-refractivity contribution in [3.63, 3.8) is 0 Å². The normalized spacial score (nSPS) is 15.3. The van der Waals surface area contributed by atoms with E-state index in [1.807, 2.05) is 0 Å². The molecule has 0 atom stereocenters. The highest BCUT2D eigenvalue weighted by Gasteiger charge is 2.25. The first kappa shape index (κ1) is 21.8. The molecule has 1 fully saturated rings. The zero-order chi connectivity index (χ0) is 21.6. The van der Waals surface area contributed by atoms with Crippen molar-refractivity contribution in [2.45, 2.75) is 32.2 Å². The molecule has 1 amide bonds. The Kier molecular flexibility index (Phi) is 7.21. The summed E-state index contributed by atoms with van der Waals surface area (Å²) in [7, 11) is 0. The van der Waals surface area contributed by atoms with Gasteiger partial charge in [-0.25, -0.2) is 4.39 Å². The van der Waals surface area contributed by atoms with E-state index in [-0.39, 0.29) is 17.6 Å². The number of nitrogens with one attached hydrogen (secondary N) is 1. The molecular weight excluding hydrogens is 411 g/mol. The number of carbonyl (C=O) groups excluding carboxylic acids is 1. The number of benzene rings is 3. The van der Waals surface area contributed by atoms with E-state index >= 15 is 0 Å². The van der Waals surface area contributed by atoms with Crippen molar-refractivity contribution in [2.24, 2.45) is 5.92 Å². The quantitative estimate of drug-likeness (QED) is 0.487. The van der Waals surface area contributed by atoms with Crippen molar-refractivity contribution in [3.05, 3.63) is 82.6 Å². The molecule has 1 N–H and O–H groups in total. The number of nitrogens with zero attached hydrogens (tertiary/aromatic N) is 1. The minimum absolute atomic E-state index is 0.0453. The van der Waals surface area contributed by atoms with Gasteiger partial charge in [0, 0.05) is 29.6 Å². The van der Waals surface area contributed by atoms with Gasteiger partial charge in [-0.05, 0) is 67.2 Å². The predicted octanol–water partition coefficient (Wildman–Crippen LogP) is 5.59. The summed E-state index contributed by atoms with van der Waals surface area (Å²) in [5, 5.41) is 6.08.